The summed E-state index contributed by atoms with van der Waals surface area (Å²) in [6.07, 6.45) is -5.52. The Morgan fingerprint density at radius 3 is 2.33 bits per heavy atom. The highest BCUT2D eigenvalue weighted by molar-refractivity contribution is 7.12. The van der Waals surface area contributed by atoms with Crippen LogP contribution < -0.4 is 9.64 Å². The Kier molecular flexibility index (Phi) is 9.43. The molecule has 2 heterocycles. The number of alkyl halides is 3. The number of carbonyl (C=O) groups excluding carboxylic acids is 2. The number of likely N-dealkylation sites (N-methyl/N-ethyl adjacent to an activating group) is 1. The van der Waals surface area contributed by atoms with Gasteiger partial charge in [0, 0.05) is 29.7 Å². The summed E-state index contributed by atoms with van der Waals surface area (Å²) in [4.78, 5) is 40.1. The van der Waals surface area contributed by atoms with Gasteiger partial charge in [-0.2, -0.15) is 13.2 Å². The Hall–Kier alpha value is -4.84. The summed E-state index contributed by atoms with van der Waals surface area (Å²) >= 11 is 0.632. The van der Waals surface area contributed by atoms with Crippen LogP contribution in [0.1, 0.15) is 27.3 Å². The van der Waals surface area contributed by atoms with E-state index in [-0.39, 0.29) is 25.3 Å². The Balaban J connectivity index is 1.27. The van der Waals surface area contributed by atoms with Gasteiger partial charge in [-0.3, -0.25) is 14.5 Å². The van der Waals surface area contributed by atoms with E-state index in [4.69, 9.17) is 9.47 Å². The van der Waals surface area contributed by atoms with Crippen molar-refractivity contribution in [2.24, 2.45) is 0 Å². The van der Waals surface area contributed by atoms with Crippen LogP contribution in [0.3, 0.4) is 0 Å². The number of carboxylic acids is 1. The van der Waals surface area contributed by atoms with E-state index in [0.29, 0.717) is 39.6 Å². The topological polar surface area (TPSA) is 96.4 Å². The number of aliphatic carboxylic acids is 1. The van der Waals surface area contributed by atoms with Gasteiger partial charge in [-0.15, -0.1) is 11.3 Å². The number of hydrogen-bond acceptors (Lipinski definition) is 6. The molecular weight excluding hydrogens is 609 g/mol. The molecule has 12 heteroatoms. The normalized spacial score (nSPS) is 13.2. The average Bonchev–Trinajstić information content (AvgIpc) is 3.66. The van der Waals surface area contributed by atoms with Gasteiger partial charge in [-0.1, -0.05) is 60.7 Å². The number of amides is 2. The predicted octanol–water partition coefficient (Wildman–Crippen LogP) is 7.01. The van der Waals surface area contributed by atoms with Crippen LogP contribution in [-0.4, -0.2) is 47.6 Å². The van der Waals surface area contributed by atoms with Crippen molar-refractivity contribution >= 4 is 35.0 Å². The average molecular weight is 639 g/mol. The Morgan fingerprint density at radius 1 is 0.978 bits per heavy atom. The summed E-state index contributed by atoms with van der Waals surface area (Å²) in [7, 11) is 1.32. The summed E-state index contributed by atoms with van der Waals surface area (Å²) in [6.45, 7) is 0.128. The van der Waals surface area contributed by atoms with Crippen LogP contribution in [0.2, 0.25) is 0 Å². The number of fused-ring (bicyclic) bond motifs is 1. The molecule has 0 saturated carbocycles. The molecule has 5 rings (SSSR count). The lowest BCUT2D eigenvalue weighted by Gasteiger charge is -2.29. The Labute approximate surface area is 261 Å². The molecule has 234 valence electrons. The lowest BCUT2D eigenvalue weighted by atomic mass is 10.1. The fourth-order valence-corrected chi connectivity index (χ4v) is 6.05. The van der Waals surface area contributed by atoms with Crippen molar-refractivity contribution in [2.75, 3.05) is 18.5 Å². The second-order valence-corrected chi connectivity index (χ2v) is 11.5. The van der Waals surface area contributed by atoms with Crippen LogP contribution >= 0.6 is 11.3 Å². The van der Waals surface area contributed by atoms with Crippen molar-refractivity contribution in [3.8, 4) is 16.9 Å². The molecule has 45 heavy (non-hydrogen) atoms. The molecule has 0 bridgehead atoms. The second kappa shape index (κ2) is 13.4. The van der Waals surface area contributed by atoms with Gasteiger partial charge in [-0.05, 0) is 47.4 Å². The zero-order valence-electron chi connectivity index (χ0n) is 24.1. The van der Waals surface area contributed by atoms with E-state index in [1.807, 2.05) is 6.07 Å². The number of carboxylic acid groups (broad SMARTS) is 1. The second-order valence-electron chi connectivity index (χ2n) is 10.4. The molecule has 0 saturated heterocycles. The third kappa shape index (κ3) is 7.46. The highest BCUT2D eigenvalue weighted by atomic mass is 32.1. The van der Waals surface area contributed by atoms with E-state index in [0.717, 1.165) is 16.0 Å². The molecule has 1 aliphatic rings. The summed E-state index contributed by atoms with van der Waals surface area (Å²) in [6, 6.07) is 22.4. The van der Waals surface area contributed by atoms with Crippen LogP contribution in [0.4, 0.5) is 23.7 Å². The number of rotatable bonds is 10. The largest absolute Gasteiger partial charge is 0.488 e. The molecule has 8 nitrogen and oxygen atoms in total. The first kappa shape index (κ1) is 31.6. The van der Waals surface area contributed by atoms with Crippen LogP contribution in [0.15, 0.2) is 84.9 Å². The molecule has 3 aromatic carbocycles. The summed E-state index contributed by atoms with van der Waals surface area (Å²) < 4.78 is 52.5. The molecule has 0 fully saturated rings. The zero-order chi connectivity index (χ0) is 32.1. The van der Waals surface area contributed by atoms with Gasteiger partial charge >= 0.3 is 18.2 Å². The highest BCUT2D eigenvalue weighted by Gasteiger charge is 2.38. The van der Waals surface area contributed by atoms with Crippen molar-refractivity contribution in [1.82, 2.24) is 4.90 Å². The van der Waals surface area contributed by atoms with E-state index >= 15 is 0 Å². The maximum absolute atomic E-state index is 13.8. The SMILES string of the molecule is CN(C(=O)OCc1ccccc1)C(CC(=O)O)C(=O)N1CCc2cc(OCc3cc(-c4ccccc4)c(C(F)(F)F)s3)ccc21. The maximum Gasteiger partial charge on any atom is 0.426 e. The first-order chi connectivity index (χ1) is 21.5. The molecule has 1 aliphatic heterocycles. The number of hydrogen-bond donors (Lipinski definition) is 1. The lowest BCUT2D eigenvalue weighted by molar-refractivity contribution is -0.140. The van der Waals surface area contributed by atoms with Gasteiger partial charge in [0.1, 0.15) is 29.9 Å². The van der Waals surface area contributed by atoms with Gasteiger partial charge in [0.2, 0.25) is 0 Å². The number of nitrogens with zero attached hydrogens (tertiary/aromatic N) is 2. The van der Waals surface area contributed by atoms with Crippen LogP contribution in [0.5, 0.6) is 5.75 Å². The van der Waals surface area contributed by atoms with Crippen LogP contribution in [-0.2, 0) is 40.1 Å². The van der Waals surface area contributed by atoms with Gasteiger partial charge in [0.15, 0.2) is 0 Å². The van der Waals surface area contributed by atoms with Gasteiger partial charge in [0.05, 0.1) is 6.42 Å². The van der Waals surface area contributed by atoms with Crippen molar-refractivity contribution < 1.29 is 42.1 Å². The zero-order valence-corrected chi connectivity index (χ0v) is 24.9. The molecule has 0 aliphatic carbocycles. The Morgan fingerprint density at radius 2 is 1.67 bits per heavy atom. The first-order valence-electron chi connectivity index (χ1n) is 14.0. The van der Waals surface area contributed by atoms with Crippen molar-refractivity contribution in [3.63, 3.8) is 0 Å². The van der Waals surface area contributed by atoms with Crippen molar-refractivity contribution in [3.05, 3.63) is 106 Å². The third-order valence-corrected chi connectivity index (χ3v) is 8.49. The lowest BCUT2D eigenvalue weighted by Crippen LogP contribution is -2.50. The minimum atomic E-state index is -4.51. The predicted molar refractivity (Wildman–Crippen MR) is 162 cm³/mol. The molecule has 0 spiro atoms. The van der Waals surface area contributed by atoms with Gasteiger partial charge in [0.25, 0.3) is 5.91 Å². The monoisotopic (exact) mass is 638 g/mol. The number of ether oxygens (including phenoxy) is 2. The highest BCUT2D eigenvalue weighted by Crippen LogP contribution is 2.43. The maximum atomic E-state index is 13.8. The number of anilines is 1. The molecule has 2 amide bonds. The number of carbonyl (C=O) groups is 3. The molecule has 1 atom stereocenters. The standard InChI is InChI=1S/C33H29F3N2O6S/c1-37(32(42)44-19-21-8-4-2-5-9-21)28(18-29(39)40)31(41)38-15-14-23-16-24(12-13-27(23)38)43-20-25-17-26(22-10-6-3-7-11-22)30(45-25)33(34,35)36/h2-13,16-17,28H,14-15,18-20H2,1H3,(H,39,40). The quantitative estimate of drug-likeness (QED) is 0.201. The minimum absolute atomic E-state index is 0.0378. The molecule has 1 N–H and O–H groups in total. The van der Waals surface area contributed by atoms with E-state index in [1.54, 1.807) is 72.8 Å². The molecule has 1 aromatic heterocycles. The first-order valence-corrected chi connectivity index (χ1v) is 14.8. The third-order valence-electron chi connectivity index (χ3n) is 7.33. The summed E-state index contributed by atoms with van der Waals surface area (Å²) in [5.74, 6) is -1.41. The van der Waals surface area contributed by atoms with Crippen molar-refractivity contribution in [1.29, 1.82) is 0 Å². The smallest absolute Gasteiger partial charge is 0.426 e. The number of halogens is 3. The van der Waals surface area contributed by atoms with Gasteiger partial charge in [-0.25, -0.2) is 4.79 Å². The molecule has 0 radical (unpaired) electrons. The summed E-state index contributed by atoms with van der Waals surface area (Å²) in [5, 5.41) is 9.50. The molecular formula is C33H29F3N2O6S. The number of benzene rings is 3. The Bertz CT molecular complexity index is 1680. The van der Waals surface area contributed by atoms with Crippen molar-refractivity contribution in [2.45, 2.75) is 38.3 Å². The van der Waals surface area contributed by atoms with Crippen LogP contribution in [0.25, 0.3) is 11.1 Å². The summed E-state index contributed by atoms with van der Waals surface area (Å²) in [5.41, 5.74) is 2.58. The number of thiophene rings is 1. The molecule has 1 unspecified atom stereocenters. The van der Waals surface area contributed by atoms with E-state index in [9.17, 15) is 32.7 Å². The van der Waals surface area contributed by atoms with E-state index in [1.165, 1.54) is 18.0 Å². The fourth-order valence-electron chi connectivity index (χ4n) is 5.09. The van der Waals surface area contributed by atoms with E-state index < -0.39 is 41.5 Å². The van der Waals surface area contributed by atoms with Gasteiger partial charge < -0.3 is 19.5 Å². The molecule has 4 aromatic rings. The van der Waals surface area contributed by atoms with E-state index in [2.05, 4.69) is 0 Å². The minimum Gasteiger partial charge on any atom is -0.488 e. The van der Waals surface area contributed by atoms with Crippen LogP contribution in [0, 0.1) is 0 Å². The fraction of sp³-hybridized carbons (Fsp3) is 0.242.